The van der Waals surface area contributed by atoms with Crippen LogP contribution in [0.2, 0.25) is 0 Å². The lowest BCUT2D eigenvalue weighted by Crippen LogP contribution is -2.28. The Balaban J connectivity index is 1.84. The highest BCUT2D eigenvalue weighted by atomic mass is 16.5. The van der Waals surface area contributed by atoms with Crippen molar-refractivity contribution in [3.63, 3.8) is 0 Å². The third kappa shape index (κ3) is 3.73. The van der Waals surface area contributed by atoms with Crippen LogP contribution in [0.1, 0.15) is 57.7 Å². The molecule has 2 aromatic carbocycles. The number of carbonyl (C=O) groups excluding carboxylic acids is 2. The number of hydrogen-bond donors (Lipinski definition) is 0. The second-order valence-corrected chi connectivity index (χ2v) is 6.46. The largest absolute Gasteiger partial charge is 0.454 e. The Morgan fingerprint density at radius 1 is 1.20 bits per heavy atom. The van der Waals surface area contributed by atoms with Crippen molar-refractivity contribution in [1.82, 2.24) is 4.90 Å². The van der Waals surface area contributed by atoms with Crippen LogP contribution in [0.3, 0.4) is 0 Å². The number of nitrogens with zero attached hydrogens (tertiary/aromatic N) is 1. The van der Waals surface area contributed by atoms with E-state index in [1.807, 2.05) is 43.4 Å². The number of cyclic esters (lactones) is 1. The van der Waals surface area contributed by atoms with Crippen LogP contribution in [0.4, 0.5) is 0 Å². The van der Waals surface area contributed by atoms with Gasteiger partial charge in [-0.3, -0.25) is 4.79 Å². The lowest BCUT2D eigenvalue weighted by atomic mass is 9.93. The number of carbonyl (C=O) groups is 2. The van der Waals surface area contributed by atoms with Crippen LogP contribution in [0, 0.1) is 0 Å². The number of unbranched alkanes of at least 4 members (excludes halogenated alkanes) is 1. The van der Waals surface area contributed by atoms with Gasteiger partial charge in [0, 0.05) is 25.6 Å². The van der Waals surface area contributed by atoms with E-state index in [0.29, 0.717) is 17.5 Å². The Morgan fingerprint density at radius 3 is 2.68 bits per heavy atom. The van der Waals surface area contributed by atoms with E-state index in [9.17, 15) is 9.59 Å². The van der Waals surface area contributed by atoms with Crippen LogP contribution in [-0.4, -0.2) is 30.4 Å². The molecule has 4 heteroatoms. The molecule has 3 rings (SSSR count). The number of rotatable bonds is 5. The summed E-state index contributed by atoms with van der Waals surface area (Å²) in [7, 11) is 1.82. The molecule has 0 spiro atoms. The van der Waals surface area contributed by atoms with Crippen LogP contribution in [0.25, 0.3) is 0 Å². The highest BCUT2D eigenvalue weighted by Crippen LogP contribution is 2.31. The fourth-order valence-electron chi connectivity index (χ4n) is 3.10. The van der Waals surface area contributed by atoms with Gasteiger partial charge in [-0.15, -0.1) is 0 Å². The van der Waals surface area contributed by atoms with Crippen molar-refractivity contribution >= 4 is 11.9 Å². The second-order valence-electron chi connectivity index (χ2n) is 6.46. The summed E-state index contributed by atoms with van der Waals surface area (Å²) in [5.74, 6) is -0.333. The fraction of sp³-hybridized carbons (Fsp3) is 0.333. The van der Waals surface area contributed by atoms with Gasteiger partial charge in [0.25, 0.3) is 5.91 Å². The Morgan fingerprint density at radius 2 is 1.96 bits per heavy atom. The van der Waals surface area contributed by atoms with E-state index in [4.69, 9.17) is 4.74 Å². The molecule has 1 heterocycles. The predicted octanol–water partition coefficient (Wildman–Crippen LogP) is 4.01. The summed E-state index contributed by atoms with van der Waals surface area (Å²) in [5.41, 5.74) is 3.02. The highest BCUT2D eigenvalue weighted by molar-refractivity contribution is 5.97. The first-order chi connectivity index (χ1) is 12.1. The van der Waals surface area contributed by atoms with Gasteiger partial charge in [-0.05, 0) is 35.7 Å². The monoisotopic (exact) mass is 337 g/mol. The smallest absolute Gasteiger partial charge is 0.339 e. The summed E-state index contributed by atoms with van der Waals surface area (Å²) < 4.78 is 5.57. The van der Waals surface area contributed by atoms with E-state index in [1.165, 1.54) is 0 Å². The van der Waals surface area contributed by atoms with E-state index >= 15 is 0 Å². The Hall–Kier alpha value is -2.62. The molecule has 0 saturated carbocycles. The van der Waals surface area contributed by atoms with Gasteiger partial charge in [-0.25, -0.2) is 4.79 Å². The second kappa shape index (κ2) is 7.51. The van der Waals surface area contributed by atoms with Crippen molar-refractivity contribution in [3.05, 3.63) is 70.8 Å². The van der Waals surface area contributed by atoms with Gasteiger partial charge < -0.3 is 9.64 Å². The lowest BCUT2D eigenvalue weighted by Gasteiger charge is -2.26. The Bertz CT molecular complexity index is 770. The molecule has 0 aromatic heterocycles. The maximum atomic E-state index is 12.6. The highest BCUT2D eigenvalue weighted by Gasteiger charge is 2.28. The maximum Gasteiger partial charge on any atom is 0.339 e. The van der Waals surface area contributed by atoms with Crippen LogP contribution >= 0.6 is 0 Å². The first-order valence-corrected chi connectivity index (χ1v) is 8.74. The maximum absolute atomic E-state index is 12.6. The first kappa shape index (κ1) is 17.2. The zero-order valence-electron chi connectivity index (χ0n) is 14.7. The normalized spacial score (nSPS) is 16.1. The average Bonchev–Trinajstić information content (AvgIpc) is 2.65. The minimum absolute atomic E-state index is 0.00791. The molecule has 2 aromatic rings. The van der Waals surface area contributed by atoms with Gasteiger partial charge in [-0.2, -0.15) is 0 Å². The molecule has 0 aliphatic carbocycles. The van der Waals surface area contributed by atoms with Gasteiger partial charge in [0.1, 0.15) is 6.10 Å². The molecule has 1 atom stereocenters. The summed E-state index contributed by atoms with van der Waals surface area (Å²) in [6.45, 7) is 2.84. The number of benzene rings is 2. The third-order valence-corrected chi connectivity index (χ3v) is 4.59. The molecule has 0 radical (unpaired) electrons. The standard InChI is InChI=1S/C21H23NO3/c1-3-4-12-22(2)20(23)16-10-11-18-17(13-16)14-19(25-21(18)24)15-8-6-5-7-9-15/h5-11,13,19H,3-4,12,14H2,1-2H3. The molecule has 25 heavy (non-hydrogen) atoms. The molecule has 0 bridgehead atoms. The first-order valence-electron chi connectivity index (χ1n) is 8.74. The number of ether oxygens (including phenoxy) is 1. The van der Waals surface area contributed by atoms with Gasteiger partial charge >= 0.3 is 5.97 Å². The fourth-order valence-corrected chi connectivity index (χ4v) is 3.10. The van der Waals surface area contributed by atoms with Gasteiger partial charge in [0.15, 0.2) is 0 Å². The predicted molar refractivity (Wildman–Crippen MR) is 96.6 cm³/mol. The van der Waals surface area contributed by atoms with Crippen LogP contribution in [-0.2, 0) is 11.2 Å². The summed E-state index contributed by atoms with van der Waals surface area (Å²) in [4.78, 5) is 26.6. The van der Waals surface area contributed by atoms with Crippen molar-refractivity contribution in [1.29, 1.82) is 0 Å². The molecule has 0 N–H and O–H groups in total. The Labute approximate surface area is 148 Å². The molecule has 1 aliphatic rings. The van der Waals surface area contributed by atoms with E-state index in [0.717, 1.165) is 30.5 Å². The van der Waals surface area contributed by atoms with Crippen molar-refractivity contribution < 1.29 is 14.3 Å². The minimum atomic E-state index is -0.326. The quantitative estimate of drug-likeness (QED) is 0.774. The molecular formula is C21H23NO3. The number of hydrogen-bond acceptors (Lipinski definition) is 3. The SMILES string of the molecule is CCCCN(C)C(=O)c1ccc2c(c1)CC(c1ccccc1)OC2=O. The zero-order chi connectivity index (χ0) is 17.8. The molecule has 0 saturated heterocycles. The average molecular weight is 337 g/mol. The van der Waals surface area contributed by atoms with Crippen molar-refractivity contribution in [2.45, 2.75) is 32.3 Å². The molecular weight excluding hydrogens is 314 g/mol. The summed E-state index contributed by atoms with van der Waals surface area (Å²) in [6.07, 6.45) is 2.32. The van der Waals surface area contributed by atoms with Crippen LogP contribution < -0.4 is 0 Å². The third-order valence-electron chi connectivity index (χ3n) is 4.59. The number of amides is 1. The van der Waals surface area contributed by atoms with Crippen molar-refractivity contribution in [3.8, 4) is 0 Å². The molecule has 1 aliphatic heterocycles. The lowest BCUT2D eigenvalue weighted by molar-refractivity contribution is 0.0252. The summed E-state index contributed by atoms with van der Waals surface area (Å²) in [5, 5.41) is 0. The van der Waals surface area contributed by atoms with E-state index < -0.39 is 0 Å². The topological polar surface area (TPSA) is 46.6 Å². The van der Waals surface area contributed by atoms with E-state index in [1.54, 1.807) is 17.0 Å². The van der Waals surface area contributed by atoms with E-state index in [-0.39, 0.29) is 18.0 Å². The Kier molecular flexibility index (Phi) is 5.17. The van der Waals surface area contributed by atoms with Crippen LogP contribution in [0.5, 0.6) is 0 Å². The molecule has 130 valence electrons. The number of esters is 1. The van der Waals surface area contributed by atoms with Gasteiger partial charge in [0.05, 0.1) is 5.56 Å². The minimum Gasteiger partial charge on any atom is -0.454 e. The van der Waals surface area contributed by atoms with Crippen molar-refractivity contribution in [2.24, 2.45) is 0 Å². The summed E-state index contributed by atoms with van der Waals surface area (Å²) in [6, 6.07) is 15.0. The van der Waals surface area contributed by atoms with Crippen LogP contribution in [0.15, 0.2) is 48.5 Å². The summed E-state index contributed by atoms with van der Waals surface area (Å²) >= 11 is 0. The molecule has 1 amide bonds. The van der Waals surface area contributed by atoms with E-state index in [2.05, 4.69) is 6.92 Å². The molecule has 1 unspecified atom stereocenters. The molecule has 0 fully saturated rings. The van der Waals surface area contributed by atoms with Crippen molar-refractivity contribution in [2.75, 3.05) is 13.6 Å². The zero-order valence-corrected chi connectivity index (χ0v) is 14.7. The van der Waals surface area contributed by atoms with Gasteiger partial charge in [0.2, 0.25) is 0 Å². The van der Waals surface area contributed by atoms with Gasteiger partial charge in [-0.1, -0.05) is 43.7 Å². The molecule has 4 nitrogen and oxygen atoms in total. The number of fused-ring (bicyclic) bond motifs is 1.